The summed E-state index contributed by atoms with van der Waals surface area (Å²) < 4.78 is 0. The lowest BCUT2D eigenvalue weighted by atomic mass is 9.90. The van der Waals surface area contributed by atoms with Gasteiger partial charge in [-0.1, -0.05) is 0 Å². The van der Waals surface area contributed by atoms with Crippen LogP contribution in [0.15, 0.2) is 0 Å². The number of piperazine rings is 1. The smallest absolute Gasteiger partial charge is 0.234 e. The summed E-state index contributed by atoms with van der Waals surface area (Å²) in [6, 6.07) is 0.991. The molecule has 0 unspecified atom stereocenters. The molecule has 2 aliphatic rings. The molecule has 80 valence electrons. The molecule has 0 aromatic carbocycles. The fraction of sp³-hybridized carbons (Fsp3) is 0.900. The normalized spacial score (nSPS) is 35.4. The summed E-state index contributed by atoms with van der Waals surface area (Å²) in [5.41, 5.74) is 5.86. The van der Waals surface area contributed by atoms with Crippen LogP contribution in [0.25, 0.3) is 0 Å². The van der Waals surface area contributed by atoms with Crippen LogP contribution in [0.1, 0.15) is 25.7 Å². The number of nitrogens with zero attached hydrogens (tertiary/aromatic N) is 1. The molecule has 3 N–H and O–H groups in total. The first-order chi connectivity index (χ1) is 6.75. The van der Waals surface area contributed by atoms with E-state index in [0.29, 0.717) is 18.6 Å². The molecule has 1 amide bonds. The molecule has 1 saturated heterocycles. The molecule has 0 atom stereocenters. The highest BCUT2D eigenvalue weighted by Crippen LogP contribution is 2.22. The Morgan fingerprint density at radius 2 is 2.00 bits per heavy atom. The first-order valence-electron chi connectivity index (χ1n) is 5.52. The SMILES string of the molecule is NC1CCC(N2CCNC(=O)C2)CC1. The molecule has 0 aromatic rings. The van der Waals surface area contributed by atoms with Crippen molar-refractivity contribution in [1.29, 1.82) is 0 Å². The van der Waals surface area contributed by atoms with Gasteiger partial charge in [-0.25, -0.2) is 0 Å². The fourth-order valence-corrected chi connectivity index (χ4v) is 2.44. The number of nitrogens with one attached hydrogen (secondary N) is 1. The lowest BCUT2D eigenvalue weighted by Crippen LogP contribution is -2.52. The van der Waals surface area contributed by atoms with Gasteiger partial charge < -0.3 is 11.1 Å². The Morgan fingerprint density at radius 1 is 1.29 bits per heavy atom. The van der Waals surface area contributed by atoms with Crippen molar-refractivity contribution in [2.24, 2.45) is 5.73 Å². The van der Waals surface area contributed by atoms with Crippen LogP contribution < -0.4 is 11.1 Å². The van der Waals surface area contributed by atoms with E-state index in [2.05, 4.69) is 10.2 Å². The highest BCUT2D eigenvalue weighted by Gasteiger charge is 2.27. The van der Waals surface area contributed by atoms with Crippen LogP contribution in [-0.2, 0) is 4.79 Å². The number of rotatable bonds is 1. The minimum Gasteiger partial charge on any atom is -0.354 e. The van der Waals surface area contributed by atoms with Gasteiger partial charge in [0, 0.05) is 25.2 Å². The van der Waals surface area contributed by atoms with Crippen LogP contribution >= 0.6 is 0 Å². The second kappa shape index (κ2) is 4.28. The molecule has 2 rings (SSSR count). The Morgan fingerprint density at radius 3 is 2.64 bits per heavy atom. The number of amides is 1. The van der Waals surface area contributed by atoms with E-state index in [1.165, 1.54) is 0 Å². The van der Waals surface area contributed by atoms with E-state index in [4.69, 9.17) is 5.73 Å². The number of carbonyl (C=O) groups is 1. The Kier molecular flexibility index (Phi) is 3.03. The van der Waals surface area contributed by atoms with Gasteiger partial charge in [0.2, 0.25) is 5.91 Å². The fourth-order valence-electron chi connectivity index (χ4n) is 2.44. The third-order valence-electron chi connectivity index (χ3n) is 3.33. The standard InChI is InChI=1S/C10H19N3O/c11-8-1-3-9(4-2-8)13-6-5-12-10(14)7-13/h8-9H,1-7,11H2,(H,12,14). The Labute approximate surface area is 84.8 Å². The second-order valence-electron chi connectivity index (χ2n) is 4.39. The molecule has 0 aromatic heterocycles. The summed E-state index contributed by atoms with van der Waals surface area (Å²) in [7, 11) is 0. The van der Waals surface area contributed by atoms with E-state index in [9.17, 15) is 4.79 Å². The van der Waals surface area contributed by atoms with Gasteiger partial charge in [-0.05, 0) is 25.7 Å². The zero-order chi connectivity index (χ0) is 9.97. The topological polar surface area (TPSA) is 58.4 Å². The molecule has 2 fully saturated rings. The van der Waals surface area contributed by atoms with E-state index in [1.54, 1.807) is 0 Å². The second-order valence-corrected chi connectivity index (χ2v) is 4.39. The Bertz CT molecular complexity index is 211. The van der Waals surface area contributed by atoms with Crippen molar-refractivity contribution >= 4 is 5.91 Å². The van der Waals surface area contributed by atoms with Gasteiger partial charge in [-0.15, -0.1) is 0 Å². The lowest BCUT2D eigenvalue weighted by Gasteiger charge is -2.37. The van der Waals surface area contributed by atoms with Crippen molar-refractivity contribution in [3.63, 3.8) is 0 Å². The molecule has 14 heavy (non-hydrogen) atoms. The van der Waals surface area contributed by atoms with Crippen LogP contribution in [0.2, 0.25) is 0 Å². The summed E-state index contributed by atoms with van der Waals surface area (Å²) in [5.74, 6) is 0.172. The monoisotopic (exact) mass is 197 g/mol. The molecule has 1 saturated carbocycles. The summed E-state index contributed by atoms with van der Waals surface area (Å²) in [5, 5.41) is 2.85. The zero-order valence-corrected chi connectivity index (χ0v) is 8.54. The quantitative estimate of drug-likeness (QED) is 0.606. The molecule has 0 bridgehead atoms. The van der Waals surface area contributed by atoms with Gasteiger partial charge in [-0.3, -0.25) is 9.69 Å². The zero-order valence-electron chi connectivity index (χ0n) is 8.54. The van der Waals surface area contributed by atoms with Crippen LogP contribution in [0, 0.1) is 0 Å². The number of nitrogens with two attached hydrogens (primary N) is 1. The Hall–Kier alpha value is -0.610. The minimum absolute atomic E-state index is 0.172. The van der Waals surface area contributed by atoms with Gasteiger partial charge >= 0.3 is 0 Å². The van der Waals surface area contributed by atoms with Gasteiger partial charge in [0.1, 0.15) is 0 Å². The number of carbonyl (C=O) groups excluding carboxylic acids is 1. The minimum atomic E-state index is 0.172. The van der Waals surface area contributed by atoms with Gasteiger partial charge in [0.15, 0.2) is 0 Å². The molecule has 0 spiro atoms. The van der Waals surface area contributed by atoms with Crippen molar-refractivity contribution in [1.82, 2.24) is 10.2 Å². The maximum absolute atomic E-state index is 11.2. The molecular formula is C10H19N3O. The van der Waals surface area contributed by atoms with Crippen molar-refractivity contribution in [3.05, 3.63) is 0 Å². The average molecular weight is 197 g/mol. The van der Waals surface area contributed by atoms with Gasteiger partial charge in [0.05, 0.1) is 6.54 Å². The van der Waals surface area contributed by atoms with E-state index in [-0.39, 0.29) is 5.91 Å². The van der Waals surface area contributed by atoms with Gasteiger partial charge in [-0.2, -0.15) is 0 Å². The highest BCUT2D eigenvalue weighted by molar-refractivity contribution is 5.78. The maximum Gasteiger partial charge on any atom is 0.234 e. The van der Waals surface area contributed by atoms with Crippen LogP contribution in [-0.4, -0.2) is 42.5 Å². The highest BCUT2D eigenvalue weighted by atomic mass is 16.2. The number of hydrogen-bond acceptors (Lipinski definition) is 3. The summed E-state index contributed by atoms with van der Waals surface area (Å²) in [6.07, 6.45) is 4.55. The van der Waals surface area contributed by atoms with Crippen molar-refractivity contribution in [2.45, 2.75) is 37.8 Å². The third kappa shape index (κ3) is 2.25. The van der Waals surface area contributed by atoms with Crippen LogP contribution in [0.4, 0.5) is 0 Å². The van der Waals surface area contributed by atoms with Crippen molar-refractivity contribution in [2.75, 3.05) is 19.6 Å². The summed E-state index contributed by atoms with van der Waals surface area (Å²) in [4.78, 5) is 13.5. The molecular weight excluding hydrogens is 178 g/mol. The Balaban J connectivity index is 1.85. The third-order valence-corrected chi connectivity index (χ3v) is 3.33. The summed E-state index contributed by atoms with van der Waals surface area (Å²) >= 11 is 0. The molecule has 1 aliphatic carbocycles. The van der Waals surface area contributed by atoms with Gasteiger partial charge in [0.25, 0.3) is 0 Å². The lowest BCUT2D eigenvalue weighted by molar-refractivity contribution is -0.125. The van der Waals surface area contributed by atoms with Crippen LogP contribution in [0.5, 0.6) is 0 Å². The van der Waals surface area contributed by atoms with E-state index in [0.717, 1.165) is 38.8 Å². The van der Waals surface area contributed by atoms with E-state index < -0.39 is 0 Å². The molecule has 1 aliphatic heterocycles. The van der Waals surface area contributed by atoms with Crippen LogP contribution in [0.3, 0.4) is 0 Å². The molecule has 0 radical (unpaired) electrons. The largest absolute Gasteiger partial charge is 0.354 e. The maximum atomic E-state index is 11.2. The first kappa shape index (κ1) is 9.93. The average Bonchev–Trinajstić information content (AvgIpc) is 2.19. The first-order valence-corrected chi connectivity index (χ1v) is 5.52. The molecule has 4 nitrogen and oxygen atoms in total. The van der Waals surface area contributed by atoms with Crippen molar-refractivity contribution < 1.29 is 4.79 Å². The van der Waals surface area contributed by atoms with E-state index in [1.807, 2.05) is 0 Å². The number of hydrogen-bond donors (Lipinski definition) is 2. The summed E-state index contributed by atoms with van der Waals surface area (Å²) in [6.45, 7) is 2.40. The predicted octanol–water partition coefficient (Wildman–Crippen LogP) is -0.312. The van der Waals surface area contributed by atoms with Crippen molar-refractivity contribution in [3.8, 4) is 0 Å². The van der Waals surface area contributed by atoms with E-state index >= 15 is 0 Å². The predicted molar refractivity (Wildman–Crippen MR) is 54.8 cm³/mol. The molecule has 1 heterocycles. The molecule has 4 heteroatoms.